The molecule has 0 radical (unpaired) electrons. The van der Waals surface area contributed by atoms with E-state index in [4.69, 9.17) is 4.74 Å². The highest BCUT2D eigenvalue weighted by molar-refractivity contribution is 7.96. The Morgan fingerprint density at radius 1 is 0.657 bits per heavy atom. The molecule has 0 spiro atoms. The predicted octanol–water partition coefficient (Wildman–Crippen LogP) is 5.02. The van der Waals surface area contributed by atoms with Gasteiger partial charge in [-0.15, -0.1) is 5.10 Å². The zero-order valence-corrected chi connectivity index (χ0v) is 20.8. The molecule has 0 fully saturated rings. The van der Waals surface area contributed by atoms with E-state index in [1.165, 1.54) is 23.0 Å². The van der Waals surface area contributed by atoms with E-state index in [0.29, 0.717) is 11.7 Å². The molecule has 5 heteroatoms. The third-order valence-electron chi connectivity index (χ3n) is 5.80. The second kappa shape index (κ2) is 11.5. The Kier molecular flexibility index (Phi) is 7.97. The van der Waals surface area contributed by atoms with Crippen molar-refractivity contribution >= 4 is 40.6 Å². The summed E-state index contributed by atoms with van der Waals surface area (Å²) in [5.41, 5.74) is 1.70. The average Bonchev–Trinajstić information content (AvgIpc) is 2.93. The molecule has 35 heavy (non-hydrogen) atoms. The van der Waals surface area contributed by atoms with E-state index in [-0.39, 0.29) is 5.71 Å². The van der Waals surface area contributed by atoms with Crippen LogP contribution in [0.2, 0.25) is 0 Å². The summed E-state index contributed by atoms with van der Waals surface area (Å²) < 4.78 is 4.98. The number of hydrogen-bond donors (Lipinski definition) is 0. The molecule has 0 aliphatic rings. The van der Waals surface area contributed by atoms with Crippen LogP contribution in [-0.4, -0.2) is 30.7 Å². The van der Waals surface area contributed by atoms with E-state index in [9.17, 15) is 4.79 Å². The normalized spacial score (nSPS) is 12.3. The van der Waals surface area contributed by atoms with E-state index in [2.05, 4.69) is 83.0 Å². The van der Waals surface area contributed by atoms with Gasteiger partial charge in [-0.1, -0.05) is 84.9 Å². The molecule has 0 aromatic heterocycles. The van der Waals surface area contributed by atoms with Crippen LogP contribution >= 0.6 is 7.26 Å². The molecule has 0 atom stereocenters. The van der Waals surface area contributed by atoms with Gasteiger partial charge >= 0.3 is 5.97 Å². The minimum absolute atomic E-state index is 0.190. The number of methoxy groups -OCH3 is 1. The van der Waals surface area contributed by atoms with Crippen molar-refractivity contribution in [2.45, 2.75) is 6.92 Å². The lowest BCUT2D eigenvalue weighted by Gasteiger charge is -2.27. The lowest BCUT2D eigenvalue weighted by molar-refractivity contribution is -0.132. The Morgan fingerprint density at radius 3 is 1.46 bits per heavy atom. The van der Waals surface area contributed by atoms with Crippen molar-refractivity contribution in [1.29, 1.82) is 0 Å². The molecule has 4 aromatic carbocycles. The molecular formula is C30H28N2O2P+. The summed E-state index contributed by atoms with van der Waals surface area (Å²) in [7, 11) is -0.733. The Bertz CT molecular complexity index is 1210. The van der Waals surface area contributed by atoms with Gasteiger partial charge in [-0.05, 0) is 43.3 Å². The Labute approximate surface area is 207 Å². The first-order chi connectivity index (χ1) is 17.1. The van der Waals surface area contributed by atoms with Gasteiger partial charge in [-0.2, -0.15) is 5.10 Å². The van der Waals surface area contributed by atoms with Gasteiger partial charge in [0.1, 0.15) is 29.3 Å². The highest BCUT2D eigenvalue weighted by atomic mass is 31.2. The van der Waals surface area contributed by atoms with Crippen LogP contribution in [0.4, 0.5) is 0 Å². The standard InChI is InChI=1S/C30H28N2O2P/c1-24(31-32-29(30(33)34-2)25-15-7-3-8-16-25)23-35(26-17-9-4-10-18-26,27-19-11-5-12-20-27)28-21-13-6-14-22-28/h3-22H,23H2,1-2H3/q+1/b31-24+,32-29-. The zero-order valence-electron chi connectivity index (χ0n) is 19.9. The summed E-state index contributed by atoms with van der Waals surface area (Å²) >= 11 is 0. The van der Waals surface area contributed by atoms with Crippen LogP contribution in [0.5, 0.6) is 0 Å². The van der Waals surface area contributed by atoms with Gasteiger partial charge in [0.15, 0.2) is 5.71 Å². The van der Waals surface area contributed by atoms with Crippen molar-refractivity contribution in [2.75, 3.05) is 13.3 Å². The smallest absolute Gasteiger partial charge is 0.359 e. The van der Waals surface area contributed by atoms with Crippen molar-refractivity contribution < 1.29 is 9.53 Å². The molecule has 0 heterocycles. The van der Waals surface area contributed by atoms with Crippen LogP contribution in [0.1, 0.15) is 12.5 Å². The molecule has 174 valence electrons. The molecule has 0 amide bonds. The van der Waals surface area contributed by atoms with Gasteiger partial charge in [0.25, 0.3) is 0 Å². The number of carbonyl (C=O) groups is 1. The van der Waals surface area contributed by atoms with Crippen molar-refractivity contribution in [3.8, 4) is 0 Å². The van der Waals surface area contributed by atoms with Crippen molar-refractivity contribution in [3.05, 3.63) is 127 Å². The number of hydrogen-bond acceptors (Lipinski definition) is 4. The maximum atomic E-state index is 12.5. The predicted molar refractivity (Wildman–Crippen MR) is 148 cm³/mol. The second-order valence-electron chi connectivity index (χ2n) is 8.12. The highest BCUT2D eigenvalue weighted by Crippen LogP contribution is 2.55. The van der Waals surface area contributed by atoms with Gasteiger partial charge in [0.2, 0.25) is 0 Å². The van der Waals surface area contributed by atoms with Crippen LogP contribution < -0.4 is 15.9 Å². The minimum Gasteiger partial charge on any atom is -0.464 e. The molecule has 4 rings (SSSR count). The zero-order chi connectivity index (χ0) is 24.5. The third kappa shape index (κ3) is 5.45. The van der Waals surface area contributed by atoms with Gasteiger partial charge in [0.05, 0.1) is 12.8 Å². The minimum atomic E-state index is -2.09. The average molecular weight is 480 g/mol. The molecule has 0 unspecified atom stereocenters. The topological polar surface area (TPSA) is 51.0 Å². The van der Waals surface area contributed by atoms with E-state index in [1.807, 2.05) is 55.5 Å². The number of esters is 1. The van der Waals surface area contributed by atoms with Crippen molar-refractivity contribution in [1.82, 2.24) is 0 Å². The molecular weight excluding hydrogens is 451 g/mol. The van der Waals surface area contributed by atoms with Crippen LogP contribution in [0.15, 0.2) is 132 Å². The van der Waals surface area contributed by atoms with Crippen LogP contribution in [-0.2, 0) is 9.53 Å². The van der Waals surface area contributed by atoms with Crippen LogP contribution in [0.3, 0.4) is 0 Å². The van der Waals surface area contributed by atoms with Gasteiger partial charge < -0.3 is 4.74 Å². The van der Waals surface area contributed by atoms with Crippen molar-refractivity contribution in [2.24, 2.45) is 10.2 Å². The first kappa shape index (κ1) is 24.3. The lowest BCUT2D eigenvalue weighted by Crippen LogP contribution is -2.35. The third-order valence-corrected chi connectivity index (χ3v) is 10.3. The van der Waals surface area contributed by atoms with Gasteiger partial charge in [0, 0.05) is 5.56 Å². The van der Waals surface area contributed by atoms with Crippen molar-refractivity contribution in [3.63, 3.8) is 0 Å². The largest absolute Gasteiger partial charge is 0.464 e. The van der Waals surface area contributed by atoms with E-state index in [0.717, 1.165) is 5.71 Å². The summed E-state index contributed by atoms with van der Waals surface area (Å²) in [5.74, 6) is -0.511. The summed E-state index contributed by atoms with van der Waals surface area (Å²) in [5, 5.41) is 12.8. The van der Waals surface area contributed by atoms with E-state index < -0.39 is 13.2 Å². The fourth-order valence-electron chi connectivity index (χ4n) is 4.19. The number of carbonyl (C=O) groups excluding carboxylic acids is 1. The molecule has 0 aliphatic heterocycles. The fraction of sp³-hybridized carbons (Fsp3) is 0.100. The number of ether oxygens (including phenoxy) is 1. The quantitative estimate of drug-likeness (QED) is 0.154. The summed E-state index contributed by atoms with van der Waals surface area (Å²) in [4.78, 5) is 12.5. The number of rotatable bonds is 8. The first-order valence-electron chi connectivity index (χ1n) is 11.4. The molecule has 0 saturated heterocycles. The maximum Gasteiger partial charge on any atom is 0.359 e. The first-order valence-corrected chi connectivity index (χ1v) is 13.4. The molecule has 4 aromatic rings. The summed E-state index contributed by atoms with van der Waals surface area (Å²) in [6.45, 7) is 1.98. The van der Waals surface area contributed by atoms with Crippen LogP contribution in [0, 0.1) is 0 Å². The monoisotopic (exact) mass is 479 g/mol. The Balaban J connectivity index is 1.85. The summed E-state index contributed by atoms with van der Waals surface area (Å²) in [6, 6.07) is 41.2. The molecule has 0 N–H and O–H groups in total. The second-order valence-corrected chi connectivity index (χ2v) is 11.6. The summed E-state index contributed by atoms with van der Waals surface area (Å²) in [6.07, 6.45) is 0.692. The molecule has 0 aliphatic carbocycles. The number of benzene rings is 4. The molecule has 4 nitrogen and oxygen atoms in total. The fourth-order valence-corrected chi connectivity index (χ4v) is 8.42. The van der Waals surface area contributed by atoms with Gasteiger partial charge in [-0.25, -0.2) is 4.79 Å². The number of nitrogens with zero attached hydrogens (tertiary/aromatic N) is 2. The van der Waals surface area contributed by atoms with E-state index >= 15 is 0 Å². The van der Waals surface area contributed by atoms with E-state index in [1.54, 1.807) is 0 Å². The molecule has 0 saturated carbocycles. The lowest BCUT2D eigenvalue weighted by atomic mass is 10.1. The van der Waals surface area contributed by atoms with Gasteiger partial charge in [-0.3, -0.25) is 0 Å². The maximum absolute atomic E-state index is 12.5. The van der Waals surface area contributed by atoms with Crippen LogP contribution in [0.25, 0.3) is 0 Å². The molecule has 0 bridgehead atoms. The Hall–Kier alpha value is -3.88. The SMILES string of the molecule is COC(=O)/C(=N\N=C(/C)C[P+](c1ccccc1)(c1ccccc1)c1ccccc1)c1ccccc1. The Morgan fingerprint density at radius 2 is 1.06 bits per heavy atom. The highest BCUT2D eigenvalue weighted by Gasteiger charge is 2.45.